The Morgan fingerprint density at radius 1 is 1.09 bits per heavy atom. The van der Waals surface area contributed by atoms with E-state index in [1.165, 1.54) is 52.3 Å². The number of nitrogens with zero attached hydrogens (tertiary/aromatic N) is 2. The highest BCUT2D eigenvalue weighted by Gasteiger charge is 2.20. The molecule has 2 N–H and O–H groups in total. The van der Waals surface area contributed by atoms with Crippen molar-refractivity contribution in [3.05, 3.63) is 81.0 Å². The molecule has 2 aromatic carbocycles. The Bertz CT molecular complexity index is 1410. The van der Waals surface area contributed by atoms with Crippen LogP contribution in [0.5, 0.6) is 0 Å². The summed E-state index contributed by atoms with van der Waals surface area (Å²) < 4.78 is 14.7. The predicted molar refractivity (Wildman–Crippen MR) is 121 cm³/mol. The third-order valence-corrected chi connectivity index (χ3v) is 6.03. The number of carbonyl (C=O) groups excluding carboxylic acids is 1. The average molecular weight is 451 g/mol. The number of carbonyl (C=O) groups is 2. The van der Waals surface area contributed by atoms with Crippen LogP contribution in [0.25, 0.3) is 21.3 Å². The lowest BCUT2D eigenvalue weighted by Gasteiger charge is -2.11. The number of hydrogen-bond acceptors (Lipinski definition) is 5. The number of aromatic carboxylic acids is 1. The molecule has 2 aromatic heterocycles. The molecule has 0 fully saturated rings. The summed E-state index contributed by atoms with van der Waals surface area (Å²) in [7, 11) is 0. The van der Waals surface area contributed by atoms with Crippen LogP contribution in [-0.2, 0) is 11.3 Å². The highest BCUT2D eigenvalue weighted by molar-refractivity contribution is 7.19. The number of aryl methyl sites for hydroxylation is 2. The van der Waals surface area contributed by atoms with E-state index in [4.69, 9.17) is 5.11 Å². The van der Waals surface area contributed by atoms with E-state index in [0.29, 0.717) is 32.9 Å². The van der Waals surface area contributed by atoms with Gasteiger partial charge in [0.15, 0.2) is 0 Å². The quantitative estimate of drug-likeness (QED) is 0.473. The minimum absolute atomic E-state index is 0.103. The van der Waals surface area contributed by atoms with Gasteiger partial charge in [-0.2, -0.15) is 0 Å². The summed E-state index contributed by atoms with van der Waals surface area (Å²) in [5, 5.41) is 12.0. The molecule has 32 heavy (non-hydrogen) atoms. The molecule has 4 aromatic rings. The minimum Gasteiger partial charge on any atom is -0.478 e. The molecule has 0 saturated heterocycles. The smallest absolute Gasteiger partial charge is 0.335 e. The molecule has 0 aliphatic heterocycles. The molecule has 162 valence electrons. The maximum absolute atomic E-state index is 13.4. The van der Waals surface area contributed by atoms with E-state index in [0.717, 1.165) is 4.88 Å². The van der Waals surface area contributed by atoms with Gasteiger partial charge in [0.05, 0.1) is 10.9 Å². The monoisotopic (exact) mass is 451 g/mol. The molecule has 9 heteroatoms. The van der Waals surface area contributed by atoms with Crippen LogP contribution >= 0.6 is 11.3 Å². The van der Waals surface area contributed by atoms with Gasteiger partial charge in [-0.05, 0) is 55.8 Å². The molecule has 1 amide bonds. The highest BCUT2D eigenvalue weighted by Crippen LogP contribution is 2.35. The number of carboxylic acids is 1. The van der Waals surface area contributed by atoms with Crippen molar-refractivity contribution in [2.24, 2.45) is 0 Å². The van der Waals surface area contributed by atoms with Crippen LogP contribution in [0.1, 0.15) is 21.1 Å². The number of aromatic nitrogens is 2. The van der Waals surface area contributed by atoms with Gasteiger partial charge in [-0.1, -0.05) is 12.1 Å². The summed E-state index contributed by atoms with van der Waals surface area (Å²) in [6.45, 7) is 3.27. The SMILES string of the molecule is Cc1sc2nc(C)n(CC(=O)Nc3ccc(C(=O)O)cc3)c(=O)c2c1-c1ccc(F)cc1. The first-order valence-electron chi connectivity index (χ1n) is 9.64. The third-order valence-electron chi connectivity index (χ3n) is 5.03. The van der Waals surface area contributed by atoms with Gasteiger partial charge >= 0.3 is 5.97 Å². The number of anilines is 1. The maximum Gasteiger partial charge on any atom is 0.335 e. The van der Waals surface area contributed by atoms with E-state index in [9.17, 15) is 18.8 Å². The number of rotatable bonds is 5. The largest absolute Gasteiger partial charge is 0.478 e. The van der Waals surface area contributed by atoms with E-state index in [1.807, 2.05) is 6.92 Å². The zero-order chi connectivity index (χ0) is 23.0. The number of carboxylic acid groups (broad SMARTS) is 1. The fourth-order valence-corrected chi connectivity index (χ4v) is 4.57. The average Bonchev–Trinajstić information content (AvgIpc) is 3.08. The molecule has 0 unspecified atom stereocenters. The summed E-state index contributed by atoms with van der Waals surface area (Å²) in [4.78, 5) is 42.8. The molecular formula is C23H18FN3O4S. The van der Waals surface area contributed by atoms with Crippen molar-refractivity contribution in [1.29, 1.82) is 0 Å². The Balaban J connectivity index is 1.69. The van der Waals surface area contributed by atoms with Crippen LogP contribution in [0.4, 0.5) is 10.1 Å². The van der Waals surface area contributed by atoms with Crippen molar-refractivity contribution in [2.75, 3.05) is 5.32 Å². The summed E-state index contributed by atoms with van der Waals surface area (Å²) in [6, 6.07) is 11.6. The molecule has 0 aliphatic rings. The Hall–Kier alpha value is -3.85. The summed E-state index contributed by atoms with van der Waals surface area (Å²) in [5.74, 6) is -1.49. The van der Waals surface area contributed by atoms with Gasteiger partial charge in [0.2, 0.25) is 5.91 Å². The van der Waals surface area contributed by atoms with E-state index in [2.05, 4.69) is 10.3 Å². The lowest BCUT2D eigenvalue weighted by atomic mass is 10.0. The van der Waals surface area contributed by atoms with Crippen LogP contribution in [-0.4, -0.2) is 26.5 Å². The van der Waals surface area contributed by atoms with Gasteiger partial charge in [-0.25, -0.2) is 14.2 Å². The first kappa shape index (κ1) is 21.4. The second-order valence-electron chi connectivity index (χ2n) is 7.20. The van der Waals surface area contributed by atoms with Gasteiger partial charge in [0, 0.05) is 16.1 Å². The van der Waals surface area contributed by atoms with Crippen molar-refractivity contribution in [3.8, 4) is 11.1 Å². The molecule has 0 atom stereocenters. The molecule has 7 nitrogen and oxygen atoms in total. The number of nitrogens with one attached hydrogen (secondary N) is 1. The fraction of sp³-hybridized carbons (Fsp3) is 0.130. The molecule has 0 spiro atoms. The number of fused-ring (bicyclic) bond motifs is 1. The molecule has 0 bridgehead atoms. The van der Waals surface area contributed by atoms with Crippen molar-refractivity contribution in [3.63, 3.8) is 0 Å². The normalized spacial score (nSPS) is 11.0. The maximum atomic E-state index is 13.4. The number of benzene rings is 2. The second kappa shape index (κ2) is 8.35. The molecule has 0 radical (unpaired) electrons. The van der Waals surface area contributed by atoms with E-state index in [-0.39, 0.29) is 23.5 Å². The molecule has 4 rings (SSSR count). The standard InChI is InChI=1S/C23H18FN3O4S/c1-12-19(14-3-7-16(24)8-4-14)20-21(32-12)25-13(2)27(22(20)29)11-18(28)26-17-9-5-15(6-10-17)23(30)31/h3-10H,11H2,1-2H3,(H,26,28)(H,30,31). The Kier molecular flexibility index (Phi) is 5.58. The Morgan fingerprint density at radius 3 is 2.38 bits per heavy atom. The zero-order valence-electron chi connectivity index (χ0n) is 17.2. The van der Waals surface area contributed by atoms with Crippen LogP contribution < -0.4 is 10.9 Å². The lowest BCUT2D eigenvalue weighted by Crippen LogP contribution is -2.30. The first-order chi connectivity index (χ1) is 15.2. The van der Waals surface area contributed by atoms with Crippen LogP contribution in [0, 0.1) is 19.7 Å². The van der Waals surface area contributed by atoms with Crippen LogP contribution in [0.15, 0.2) is 53.3 Å². The van der Waals surface area contributed by atoms with Gasteiger partial charge in [0.1, 0.15) is 23.0 Å². The van der Waals surface area contributed by atoms with Crippen molar-refractivity contribution in [1.82, 2.24) is 9.55 Å². The predicted octanol–water partition coefficient (Wildman–Crippen LogP) is 4.22. The molecule has 0 aliphatic carbocycles. The van der Waals surface area contributed by atoms with Gasteiger partial charge < -0.3 is 10.4 Å². The third kappa shape index (κ3) is 4.02. The fourth-order valence-electron chi connectivity index (χ4n) is 3.49. The molecular weight excluding hydrogens is 433 g/mol. The Morgan fingerprint density at radius 2 is 1.75 bits per heavy atom. The van der Waals surface area contributed by atoms with Gasteiger partial charge in [-0.3, -0.25) is 14.2 Å². The molecule has 2 heterocycles. The van der Waals surface area contributed by atoms with Gasteiger partial charge in [0.25, 0.3) is 5.56 Å². The van der Waals surface area contributed by atoms with E-state index < -0.39 is 11.9 Å². The zero-order valence-corrected chi connectivity index (χ0v) is 18.0. The Labute approximate surface area is 185 Å². The van der Waals surface area contributed by atoms with Crippen molar-refractivity contribution >= 4 is 39.1 Å². The van der Waals surface area contributed by atoms with Crippen LogP contribution in [0.3, 0.4) is 0 Å². The number of amides is 1. The van der Waals surface area contributed by atoms with Crippen molar-refractivity contribution < 1.29 is 19.1 Å². The van der Waals surface area contributed by atoms with Crippen LogP contribution in [0.2, 0.25) is 0 Å². The van der Waals surface area contributed by atoms with E-state index >= 15 is 0 Å². The van der Waals surface area contributed by atoms with Crippen molar-refractivity contribution in [2.45, 2.75) is 20.4 Å². The summed E-state index contributed by atoms with van der Waals surface area (Å²) in [6.07, 6.45) is 0. The second-order valence-corrected chi connectivity index (χ2v) is 8.40. The highest BCUT2D eigenvalue weighted by atomic mass is 32.1. The molecule has 0 saturated carbocycles. The lowest BCUT2D eigenvalue weighted by molar-refractivity contribution is -0.116. The summed E-state index contributed by atoms with van der Waals surface area (Å²) in [5.41, 5.74) is 1.55. The number of hydrogen-bond donors (Lipinski definition) is 2. The topological polar surface area (TPSA) is 101 Å². The van der Waals surface area contributed by atoms with Gasteiger partial charge in [-0.15, -0.1) is 11.3 Å². The van der Waals surface area contributed by atoms with E-state index in [1.54, 1.807) is 19.1 Å². The number of thiophene rings is 1. The minimum atomic E-state index is -1.06. The summed E-state index contributed by atoms with van der Waals surface area (Å²) >= 11 is 1.37. The first-order valence-corrected chi connectivity index (χ1v) is 10.5. The number of halogens is 1.